The Bertz CT molecular complexity index is 351. The average Bonchev–Trinajstić information content (AvgIpc) is 2.36. The van der Waals surface area contributed by atoms with Gasteiger partial charge in [-0.15, -0.1) is 0 Å². The lowest BCUT2D eigenvalue weighted by atomic mass is 10.2. The van der Waals surface area contributed by atoms with E-state index in [-0.39, 0.29) is 0 Å². The number of oxazole rings is 1. The number of rotatable bonds is 0. The normalized spacial score (nSPS) is 10.5. The fourth-order valence-corrected chi connectivity index (χ4v) is 0.945. The van der Waals surface area contributed by atoms with Crippen molar-refractivity contribution < 1.29 is 4.42 Å². The highest BCUT2D eigenvalue weighted by Gasteiger charge is 1.97. The van der Waals surface area contributed by atoms with E-state index in [1.54, 1.807) is 0 Å². The van der Waals surface area contributed by atoms with Crippen LogP contribution in [0.4, 0.5) is 0 Å². The van der Waals surface area contributed by atoms with E-state index in [1.807, 2.05) is 18.2 Å². The number of hydrogen-bond acceptors (Lipinski definition) is 2. The Hall–Kier alpha value is -1.31. The SMILES string of the molecule is [CH2]c1cccc2ocnc12. The maximum atomic E-state index is 5.05. The predicted octanol–water partition coefficient (Wildman–Crippen LogP) is 2.01. The van der Waals surface area contributed by atoms with E-state index >= 15 is 0 Å². The highest BCUT2D eigenvalue weighted by atomic mass is 16.3. The Kier molecular flexibility index (Phi) is 1.01. The van der Waals surface area contributed by atoms with Crippen LogP contribution in [0.5, 0.6) is 0 Å². The molecule has 2 heteroatoms. The van der Waals surface area contributed by atoms with Gasteiger partial charge in [0, 0.05) is 0 Å². The summed E-state index contributed by atoms with van der Waals surface area (Å²) in [4.78, 5) is 3.99. The lowest BCUT2D eigenvalue weighted by Gasteiger charge is -1.88. The van der Waals surface area contributed by atoms with Crippen LogP contribution >= 0.6 is 0 Å². The van der Waals surface area contributed by atoms with Crippen LogP contribution in [0.25, 0.3) is 11.1 Å². The third-order valence-electron chi connectivity index (χ3n) is 1.44. The second-order valence-corrected chi connectivity index (χ2v) is 2.12. The van der Waals surface area contributed by atoms with Gasteiger partial charge in [-0.2, -0.15) is 0 Å². The summed E-state index contributed by atoms with van der Waals surface area (Å²) in [6.07, 6.45) is 1.43. The van der Waals surface area contributed by atoms with E-state index in [4.69, 9.17) is 4.42 Å². The van der Waals surface area contributed by atoms with Crippen molar-refractivity contribution in [2.45, 2.75) is 0 Å². The molecule has 0 aliphatic rings. The standard InChI is InChI=1S/C8H6NO/c1-6-3-2-4-7-8(6)9-5-10-7/h2-5H,1H2. The number of benzene rings is 1. The molecule has 49 valence electrons. The highest BCUT2D eigenvalue weighted by Crippen LogP contribution is 2.14. The van der Waals surface area contributed by atoms with Gasteiger partial charge in [-0.1, -0.05) is 12.1 Å². The molecular weight excluding hydrogens is 126 g/mol. The van der Waals surface area contributed by atoms with Crippen LogP contribution in [0, 0.1) is 6.92 Å². The number of fused-ring (bicyclic) bond motifs is 1. The molecule has 0 bridgehead atoms. The van der Waals surface area contributed by atoms with Crippen LogP contribution in [-0.2, 0) is 0 Å². The molecule has 1 aromatic carbocycles. The van der Waals surface area contributed by atoms with Gasteiger partial charge in [0.05, 0.1) is 0 Å². The van der Waals surface area contributed by atoms with E-state index in [1.165, 1.54) is 6.39 Å². The van der Waals surface area contributed by atoms with Crippen molar-refractivity contribution in [3.8, 4) is 0 Å². The molecule has 10 heavy (non-hydrogen) atoms. The lowest BCUT2D eigenvalue weighted by molar-refractivity contribution is 0.602. The Balaban J connectivity index is 2.95. The Morgan fingerprint density at radius 1 is 1.40 bits per heavy atom. The van der Waals surface area contributed by atoms with E-state index in [9.17, 15) is 0 Å². The zero-order valence-electron chi connectivity index (χ0n) is 5.37. The molecule has 0 aliphatic carbocycles. The Morgan fingerprint density at radius 3 is 3.10 bits per heavy atom. The molecule has 2 rings (SSSR count). The zero-order chi connectivity index (χ0) is 6.97. The van der Waals surface area contributed by atoms with Crippen LogP contribution in [-0.4, -0.2) is 4.98 Å². The van der Waals surface area contributed by atoms with Crippen molar-refractivity contribution in [3.63, 3.8) is 0 Å². The third kappa shape index (κ3) is 0.620. The summed E-state index contributed by atoms with van der Waals surface area (Å²) in [5.41, 5.74) is 2.56. The largest absolute Gasteiger partial charge is 0.443 e. The highest BCUT2D eigenvalue weighted by molar-refractivity contribution is 5.76. The first-order chi connectivity index (χ1) is 4.88. The first-order valence-electron chi connectivity index (χ1n) is 3.02. The molecule has 2 nitrogen and oxygen atoms in total. The minimum atomic E-state index is 0.799. The van der Waals surface area contributed by atoms with Crippen LogP contribution in [0.3, 0.4) is 0 Å². The van der Waals surface area contributed by atoms with Crippen molar-refractivity contribution in [1.82, 2.24) is 4.98 Å². The molecule has 0 aliphatic heterocycles. The minimum absolute atomic E-state index is 0.799. The fraction of sp³-hybridized carbons (Fsp3) is 0. The monoisotopic (exact) mass is 132 g/mol. The van der Waals surface area contributed by atoms with E-state index in [0.29, 0.717) is 0 Å². The molecule has 0 unspecified atom stereocenters. The van der Waals surface area contributed by atoms with E-state index < -0.39 is 0 Å². The van der Waals surface area contributed by atoms with Crippen molar-refractivity contribution in [1.29, 1.82) is 0 Å². The summed E-state index contributed by atoms with van der Waals surface area (Å²) in [6, 6.07) is 5.68. The molecule has 1 heterocycles. The number of hydrogen-bond donors (Lipinski definition) is 0. The van der Waals surface area contributed by atoms with Gasteiger partial charge in [0.15, 0.2) is 12.0 Å². The third-order valence-corrected chi connectivity index (χ3v) is 1.44. The van der Waals surface area contributed by atoms with Crippen molar-refractivity contribution in [2.24, 2.45) is 0 Å². The molecule has 0 amide bonds. The number of nitrogens with zero attached hydrogens (tertiary/aromatic N) is 1. The maximum Gasteiger partial charge on any atom is 0.181 e. The fourth-order valence-electron chi connectivity index (χ4n) is 0.945. The van der Waals surface area contributed by atoms with Crippen molar-refractivity contribution in [2.75, 3.05) is 0 Å². The number of aromatic nitrogens is 1. The summed E-state index contributed by atoms with van der Waals surface area (Å²) in [5.74, 6) is 0. The topological polar surface area (TPSA) is 26.0 Å². The van der Waals surface area contributed by atoms with Crippen LogP contribution in [0.15, 0.2) is 29.0 Å². The molecule has 0 atom stereocenters. The molecule has 0 saturated carbocycles. The molecule has 1 radical (unpaired) electrons. The molecule has 0 saturated heterocycles. The summed E-state index contributed by atoms with van der Waals surface area (Å²) < 4.78 is 5.05. The van der Waals surface area contributed by atoms with Gasteiger partial charge < -0.3 is 4.42 Å². The summed E-state index contributed by atoms with van der Waals surface area (Å²) >= 11 is 0. The number of para-hydroxylation sites is 1. The van der Waals surface area contributed by atoms with Gasteiger partial charge in [0.1, 0.15) is 5.52 Å². The van der Waals surface area contributed by atoms with Gasteiger partial charge in [-0.25, -0.2) is 4.98 Å². The van der Waals surface area contributed by atoms with Crippen LogP contribution < -0.4 is 0 Å². The van der Waals surface area contributed by atoms with E-state index in [2.05, 4.69) is 11.9 Å². The van der Waals surface area contributed by atoms with Gasteiger partial charge in [-0.05, 0) is 18.6 Å². The lowest BCUT2D eigenvalue weighted by Crippen LogP contribution is -1.72. The first kappa shape index (κ1) is 5.47. The van der Waals surface area contributed by atoms with Gasteiger partial charge in [0.2, 0.25) is 0 Å². The summed E-state index contributed by atoms with van der Waals surface area (Å²) in [5, 5.41) is 0. The summed E-state index contributed by atoms with van der Waals surface area (Å²) in [7, 11) is 0. The average molecular weight is 132 g/mol. The summed E-state index contributed by atoms with van der Waals surface area (Å²) in [6.45, 7) is 3.80. The first-order valence-corrected chi connectivity index (χ1v) is 3.02. The second-order valence-electron chi connectivity index (χ2n) is 2.12. The maximum absolute atomic E-state index is 5.05. The van der Waals surface area contributed by atoms with E-state index in [0.717, 1.165) is 16.7 Å². The van der Waals surface area contributed by atoms with Gasteiger partial charge in [-0.3, -0.25) is 0 Å². The molecule has 0 N–H and O–H groups in total. The molecular formula is C8H6NO. The smallest absolute Gasteiger partial charge is 0.181 e. The van der Waals surface area contributed by atoms with Crippen molar-refractivity contribution >= 4 is 11.1 Å². The molecule has 1 aromatic heterocycles. The minimum Gasteiger partial charge on any atom is -0.443 e. The quantitative estimate of drug-likeness (QED) is 0.548. The van der Waals surface area contributed by atoms with Gasteiger partial charge in [0.25, 0.3) is 0 Å². The van der Waals surface area contributed by atoms with Gasteiger partial charge >= 0.3 is 0 Å². The Labute approximate surface area is 58.5 Å². The molecule has 0 fully saturated rings. The zero-order valence-corrected chi connectivity index (χ0v) is 5.37. The Morgan fingerprint density at radius 2 is 2.30 bits per heavy atom. The molecule has 0 spiro atoms. The second kappa shape index (κ2) is 1.84. The van der Waals surface area contributed by atoms with Crippen LogP contribution in [0.2, 0.25) is 0 Å². The van der Waals surface area contributed by atoms with Crippen molar-refractivity contribution in [3.05, 3.63) is 37.1 Å². The molecule has 2 aromatic rings. The van der Waals surface area contributed by atoms with Crippen LogP contribution in [0.1, 0.15) is 5.56 Å². The predicted molar refractivity (Wildman–Crippen MR) is 38.5 cm³/mol.